The van der Waals surface area contributed by atoms with Crippen LogP contribution in [-0.2, 0) is 6.42 Å². The maximum absolute atomic E-state index is 11.1. The Morgan fingerprint density at radius 1 is 1.17 bits per heavy atom. The second kappa shape index (κ2) is 5.83. The van der Waals surface area contributed by atoms with Gasteiger partial charge in [0.1, 0.15) is 5.58 Å². The number of nitrogens with zero attached hydrogens (tertiary/aromatic N) is 2. The molecule has 1 amide bonds. The van der Waals surface area contributed by atoms with Crippen molar-refractivity contribution in [3.8, 4) is 0 Å². The van der Waals surface area contributed by atoms with E-state index < -0.39 is 12.1 Å². The SMILES string of the molecule is CCc1c(N2CCN(C(=O)O)CC2)ccc2oc(C(=O)O)cc12. The van der Waals surface area contributed by atoms with Crippen LogP contribution >= 0.6 is 0 Å². The summed E-state index contributed by atoms with van der Waals surface area (Å²) in [6.07, 6.45) is -0.151. The second-order valence-corrected chi connectivity index (χ2v) is 5.50. The molecule has 2 N–H and O–H groups in total. The normalized spacial score (nSPS) is 15.2. The first-order valence-corrected chi connectivity index (χ1v) is 7.52. The van der Waals surface area contributed by atoms with Gasteiger partial charge in [-0.05, 0) is 30.2 Å². The fraction of sp³-hybridized carbons (Fsp3) is 0.375. The lowest BCUT2D eigenvalue weighted by molar-refractivity contribution is 0.0665. The monoisotopic (exact) mass is 318 g/mol. The molecule has 0 saturated carbocycles. The van der Waals surface area contributed by atoms with Crippen LogP contribution in [-0.4, -0.2) is 53.4 Å². The minimum atomic E-state index is -1.08. The van der Waals surface area contributed by atoms with Gasteiger partial charge in [-0.1, -0.05) is 6.92 Å². The third-order valence-electron chi connectivity index (χ3n) is 4.24. The molecule has 0 unspecified atom stereocenters. The van der Waals surface area contributed by atoms with Gasteiger partial charge in [-0.2, -0.15) is 0 Å². The zero-order valence-corrected chi connectivity index (χ0v) is 12.8. The van der Waals surface area contributed by atoms with Gasteiger partial charge in [0.2, 0.25) is 5.76 Å². The summed E-state index contributed by atoms with van der Waals surface area (Å²) in [5.41, 5.74) is 2.61. The van der Waals surface area contributed by atoms with Gasteiger partial charge in [-0.15, -0.1) is 0 Å². The van der Waals surface area contributed by atoms with Gasteiger partial charge in [0.15, 0.2) is 0 Å². The fourth-order valence-corrected chi connectivity index (χ4v) is 3.07. The van der Waals surface area contributed by atoms with Crippen molar-refractivity contribution < 1.29 is 24.2 Å². The Balaban J connectivity index is 1.95. The first kappa shape index (κ1) is 15.2. The van der Waals surface area contributed by atoms with E-state index in [1.807, 2.05) is 13.0 Å². The Bertz CT molecular complexity index is 759. The highest BCUT2D eigenvalue weighted by atomic mass is 16.4. The predicted molar refractivity (Wildman–Crippen MR) is 84.4 cm³/mol. The maximum atomic E-state index is 11.1. The third kappa shape index (κ3) is 2.69. The Kier molecular flexibility index (Phi) is 3.85. The van der Waals surface area contributed by atoms with Crippen molar-refractivity contribution in [1.82, 2.24) is 4.90 Å². The number of aryl methyl sites for hydroxylation is 1. The van der Waals surface area contributed by atoms with E-state index in [4.69, 9.17) is 14.6 Å². The van der Waals surface area contributed by atoms with Gasteiger partial charge in [-0.3, -0.25) is 0 Å². The molecule has 2 heterocycles. The van der Waals surface area contributed by atoms with Gasteiger partial charge in [0.25, 0.3) is 0 Å². The van der Waals surface area contributed by atoms with E-state index in [2.05, 4.69) is 4.90 Å². The number of rotatable bonds is 3. The summed E-state index contributed by atoms with van der Waals surface area (Å²) < 4.78 is 5.36. The molecule has 7 nitrogen and oxygen atoms in total. The quantitative estimate of drug-likeness (QED) is 0.903. The van der Waals surface area contributed by atoms with Gasteiger partial charge in [-0.25, -0.2) is 9.59 Å². The first-order valence-electron chi connectivity index (χ1n) is 7.52. The van der Waals surface area contributed by atoms with E-state index in [1.165, 1.54) is 4.90 Å². The van der Waals surface area contributed by atoms with Crippen molar-refractivity contribution in [1.29, 1.82) is 0 Å². The molecule has 7 heteroatoms. The Hall–Kier alpha value is -2.70. The molecule has 1 fully saturated rings. The minimum Gasteiger partial charge on any atom is -0.475 e. The molecule has 1 aromatic heterocycles. The van der Waals surface area contributed by atoms with Crippen molar-refractivity contribution in [3.05, 3.63) is 29.5 Å². The summed E-state index contributed by atoms with van der Waals surface area (Å²) in [7, 11) is 0. The van der Waals surface area contributed by atoms with E-state index in [-0.39, 0.29) is 5.76 Å². The van der Waals surface area contributed by atoms with Crippen molar-refractivity contribution in [2.75, 3.05) is 31.1 Å². The van der Waals surface area contributed by atoms with Crippen LogP contribution in [0.25, 0.3) is 11.0 Å². The number of piperazine rings is 1. The zero-order chi connectivity index (χ0) is 16.6. The van der Waals surface area contributed by atoms with Crippen LogP contribution in [0.3, 0.4) is 0 Å². The Morgan fingerprint density at radius 2 is 1.87 bits per heavy atom. The van der Waals surface area contributed by atoms with E-state index in [0.717, 1.165) is 23.1 Å². The molecule has 1 saturated heterocycles. The molecule has 0 spiro atoms. The summed E-state index contributed by atoms with van der Waals surface area (Å²) in [4.78, 5) is 25.6. The average Bonchev–Trinajstić information content (AvgIpc) is 2.98. The molecule has 23 heavy (non-hydrogen) atoms. The summed E-state index contributed by atoms with van der Waals surface area (Å²) in [6, 6.07) is 5.26. The molecule has 0 atom stereocenters. The Labute approximate surface area is 132 Å². The molecule has 0 bridgehead atoms. The van der Waals surface area contributed by atoms with Crippen LogP contribution in [0.5, 0.6) is 0 Å². The maximum Gasteiger partial charge on any atom is 0.407 e. The topological polar surface area (TPSA) is 94.2 Å². The predicted octanol–water partition coefficient (Wildman–Crippen LogP) is 2.49. The molecule has 0 aliphatic carbocycles. The van der Waals surface area contributed by atoms with Crippen LogP contribution in [0, 0.1) is 0 Å². The van der Waals surface area contributed by atoms with E-state index in [1.54, 1.807) is 12.1 Å². The van der Waals surface area contributed by atoms with Gasteiger partial charge < -0.3 is 24.4 Å². The molecule has 1 aromatic carbocycles. The molecular weight excluding hydrogens is 300 g/mol. The second-order valence-electron chi connectivity index (χ2n) is 5.50. The third-order valence-corrected chi connectivity index (χ3v) is 4.24. The van der Waals surface area contributed by atoms with Crippen molar-refractivity contribution in [2.45, 2.75) is 13.3 Å². The summed E-state index contributed by atoms with van der Waals surface area (Å²) in [5, 5.41) is 18.9. The van der Waals surface area contributed by atoms with Crippen molar-refractivity contribution in [3.63, 3.8) is 0 Å². The largest absolute Gasteiger partial charge is 0.475 e. The zero-order valence-electron chi connectivity index (χ0n) is 12.8. The highest BCUT2D eigenvalue weighted by Gasteiger charge is 2.23. The van der Waals surface area contributed by atoms with Crippen LogP contribution in [0.15, 0.2) is 22.6 Å². The van der Waals surface area contributed by atoms with Gasteiger partial charge in [0, 0.05) is 37.3 Å². The molecule has 122 valence electrons. The van der Waals surface area contributed by atoms with Crippen molar-refractivity contribution in [2.24, 2.45) is 0 Å². The van der Waals surface area contributed by atoms with E-state index >= 15 is 0 Å². The summed E-state index contributed by atoms with van der Waals surface area (Å²) >= 11 is 0. The number of benzene rings is 1. The van der Waals surface area contributed by atoms with Gasteiger partial charge in [0.05, 0.1) is 0 Å². The highest BCUT2D eigenvalue weighted by Crippen LogP contribution is 2.32. The Morgan fingerprint density at radius 3 is 2.43 bits per heavy atom. The summed E-state index contributed by atoms with van der Waals surface area (Å²) in [5.74, 6) is -1.15. The number of carboxylic acid groups (broad SMARTS) is 2. The lowest BCUT2D eigenvalue weighted by Crippen LogP contribution is -2.48. The smallest absolute Gasteiger partial charge is 0.407 e. The fourth-order valence-electron chi connectivity index (χ4n) is 3.07. The first-order chi connectivity index (χ1) is 11.0. The lowest BCUT2D eigenvalue weighted by Gasteiger charge is -2.35. The van der Waals surface area contributed by atoms with Crippen LogP contribution in [0.2, 0.25) is 0 Å². The van der Waals surface area contributed by atoms with Crippen LogP contribution in [0.4, 0.5) is 10.5 Å². The number of hydrogen-bond donors (Lipinski definition) is 2. The number of carbonyl (C=O) groups is 2. The van der Waals surface area contributed by atoms with Gasteiger partial charge >= 0.3 is 12.1 Å². The molecule has 2 aromatic rings. The van der Waals surface area contributed by atoms with E-state index in [9.17, 15) is 9.59 Å². The number of furan rings is 1. The molecular formula is C16H18N2O5. The number of fused-ring (bicyclic) bond motifs is 1. The number of aromatic carboxylic acids is 1. The number of amides is 1. The molecule has 1 aliphatic rings. The van der Waals surface area contributed by atoms with Crippen molar-refractivity contribution >= 4 is 28.7 Å². The van der Waals surface area contributed by atoms with E-state index in [0.29, 0.717) is 31.8 Å². The molecule has 0 radical (unpaired) electrons. The molecule has 1 aliphatic heterocycles. The number of anilines is 1. The minimum absolute atomic E-state index is 0.0671. The number of carboxylic acids is 1. The number of hydrogen-bond acceptors (Lipinski definition) is 4. The summed E-state index contributed by atoms with van der Waals surface area (Å²) in [6.45, 7) is 4.17. The highest BCUT2D eigenvalue weighted by molar-refractivity contribution is 5.94. The van der Waals surface area contributed by atoms with Crippen LogP contribution in [0.1, 0.15) is 23.0 Å². The van der Waals surface area contributed by atoms with Crippen LogP contribution < -0.4 is 4.90 Å². The molecule has 3 rings (SSSR count). The standard InChI is InChI=1S/C16H18N2O5/c1-2-10-11-9-14(15(19)20)23-13(11)4-3-12(10)17-5-7-18(8-6-17)16(21)22/h3-4,9H,2,5-8H2,1H3,(H,19,20)(H,21,22). The lowest BCUT2D eigenvalue weighted by atomic mass is 10.0. The average molecular weight is 318 g/mol.